The molecule has 0 bridgehead atoms. The first-order chi connectivity index (χ1) is 15.5. The van der Waals surface area contributed by atoms with Crippen molar-refractivity contribution in [3.05, 3.63) is 65.2 Å². The molecule has 0 spiro atoms. The molecule has 0 unspecified atom stereocenters. The number of benzene rings is 2. The Labute approximate surface area is 195 Å². The second-order valence-corrected chi connectivity index (χ2v) is 10.5. The highest BCUT2D eigenvalue weighted by Gasteiger charge is 2.32. The van der Waals surface area contributed by atoms with Crippen LogP contribution >= 0.6 is 0 Å². The summed E-state index contributed by atoms with van der Waals surface area (Å²) in [6.45, 7) is 5.74. The molecule has 0 fully saturated rings. The molecule has 0 aliphatic carbocycles. The van der Waals surface area contributed by atoms with Crippen molar-refractivity contribution in [3.63, 3.8) is 0 Å². The van der Waals surface area contributed by atoms with E-state index in [2.05, 4.69) is 0 Å². The van der Waals surface area contributed by atoms with Gasteiger partial charge in [-0.3, -0.25) is 4.90 Å². The van der Waals surface area contributed by atoms with Crippen LogP contribution in [0.4, 0.5) is 8.78 Å². The van der Waals surface area contributed by atoms with E-state index in [9.17, 15) is 22.3 Å². The van der Waals surface area contributed by atoms with E-state index in [0.29, 0.717) is 6.54 Å². The molecule has 2 rings (SSSR count). The molecule has 2 aromatic rings. The predicted octanol–water partition coefficient (Wildman–Crippen LogP) is 3.43. The van der Waals surface area contributed by atoms with Crippen molar-refractivity contribution in [1.29, 1.82) is 0 Å². The van der Waals surface area contributed by atoms with Gasteiger partial charge in [0, 0.05) is 38.3 Å². The Kier molecular flexibility index (Phi) is 9.93. The first kappa shape index (κ1) is 27.3. The highest BCUT2D eigenvalue weighted by molar-refractivity contribution is 7.89. The van der Waals surface area contributed by atoms with E-state index < -0.39 is 27.7 Å². The van der Waals surface area contributed by atoms with Crippen LogP contribution in [-0.4, -0.2) is 68.7 Å². The minimum absolute atomic E-state index is 0.124. The summed E-state index contributed by atoms with van der Waals surface area (Å²) >= 11 is 0. The zero-order valence-corrected chi connectivity index (χ0v) is 20.6. The van der Waals surface area contributed by atoms with Crippen molar-refractivity contribution in [2.24, 2.45) is 5.92 Å². The number of halogens is 2. The van der Waals surface area contributed by atoms with E-state index in [1.165, 1.54) is 11.4 Å². The lowest BCUT2D eigenvalue weighted by Gasteiger charge is -2.34. The van der Waals surface area contributed by atoms with Crippen LogP contribution < -0.4 is 0 Å². The predicted molar refractivity (Wildman–Crippen MR) is 124 cm³/mol. The number of likely N-dealkylation sites (N-methyl/N-ethyl adjacent to an activating group) is 1. The summed E-state index contributed by atoms with van der Waals surface area (Å²) < 4.78 is 61.0. The number of sulfonamides is 1. The Bertz CT molecular complexity index is 1000. The highest BCUT2D eigenvalue weighted by atomic mass is 32.2. The molecule has 6 nitrogen and oxygen atoms in total. The lowest BCUT2D eigenvalue weighted by atomic mass is 10.0. The minimum atomic E-state index is -3.84. The van der Waals surface area contributed by atoms with Gasteiger partial charge in [-0.25, -0.2) is 17.2 Å². The Balaban J connectivity index is 2.16. The Hall–Kier alpha value is -1.91. The van der Waals surface area contributed by atoms with Gasteiger partial charge in [0.1, 0.15) is 11.6 Å². The molecule has 2 aromatic carbocycles. The van der Waals surface area contributed by atoms with E-state index in [1.54, 1.807) is 43.1 Å². The third-order valence-electron chi connectivity index (χ3n) is 5.73. The lowest BCUT2D eigenvalue weighted by Crippen LogP contribution is -2.46. The number of ether oxygens (including phenoxy) is 1. The van der Waals surface area contributed by atoms with Crippen molar-refractivity contribution >= 4 is 10.0 Å². The maximum absolute atomic E-state index is 14.0. The molecule has 33 heavy (non-hydrogen) atoms. The fraction of sp³-hybridized carbons (Fsp3) is 0.500. The topological polar surface area (TPSA) is 70.1 Å². The largest absolute Gasteiger partial charge is 0.395 e. The summed E-state index contributed by atoms with van der Waals surface area (Å²) in [7, 11) is -0.543. The lowest BCUT2D eigenvalue weighted by molar-refractivity contribution is 0.0219. The number of hydrogen-bond donors (Lipinski definition) is 1. The van der Waals surface area contributed by atoms with Gasteiger partial charge in [-0.2, -0.15) is 4.31 Å². The van der Waals surface area contributed by atoms with Crippen LogP contribution in [0.1, 0.15) is 25.0 Å². The standard InChI is InChI=1S/C24H34F2N2O4S/c1-17-6-9-22(10-7-17)33(30,31)28(19(3)16-29)13-18(2)24(32-5)15-27(4)14-20-12-21(25)8-11-23(20)26/h6-12,18-19,24,29H,13-16H2,1-5H3/t18-,19-,24+/m0/s1. The molecular weight excluding hydrogens is 450 g/mol. The number of hydrogen-bond acceptors (Lipinski definition) is 5. The van der Waals surface area contributed by atoms with Crippen LogP contribution in [0.3, 0.4) is 0 Å². The number of aliphatic hydroxyl groups excluding tert-OH is 1. The van der Waals surface area contributed by atoms with Crippen molar-refractivity contribution in [2.45, 2.75) is 44.4 Å². The molecule has 0 aromatic heterocycles. The summed E-state index contributed by atoms with van der Waals surface area (Å²) in [5, 5.41) is 9.71. The normalized spacial score (nSPS) is 15.1. The zero-order valence-electron chi connectivity index (χ0n) is 19.8. The average Bonchev–Trinajstić information content (AvgIpc) is 2.77. The Morgan fingerprint density at radius 2 is 1.70 bits per heavy atom. The third kappa shape index (κ3) is 7.28. The molecule has 9 heteroatoms. The van der Waals surface area contributed by atoms with Gasteiger partial charge >= 0.3 is 0 Å². The molecule has 0 heterocycles. The molecule has 0 saturated heterocycles. The second kappa shape index (κ2) is 12.0. The molecule has 1 N–H and O–H groups in total. The van der Waals surface area contributed by atoms with Gasteiger partial charge in [0.15, 0.2) is 0 Å². The average molecular weight is 485 g/mol. The Morgan fingerprint density at radius 3 is 2.27 bits per heavy atom. The van der Waals surface area contributed by atoms with Gasteiger partial charge in [0.2, 0.25) is 10.0 Å². The van der Waals surface area contributed by atoms with Crippen LogP contribution in [0.15, 0.2) is 47.4 Å². The number of aryl methyl sites for hydroxylation is 1. The van der Waals surface area contributed by atoms with Gasteiger partial charge in [-0.1, -0.05) is 24.6 Å². The first-order valence-electron chi connectivity index (χ1n) is 10.8. The van der Waals surface area contributed by atoms with E-state index in [4.69, 9.17) is 4.74 Å². The van der Waals surface area contributed by atoms with Gasteiger partial charge in [0.25, 0.3) is 0 Å². The van der Waals surface area contributed by atoms with Gasteiger partial charge in [0.05, 0.1) is 17.6 Å². The van der Waals surface area contributed by atoms with Crippen LogP contribution in [0, 0.1) is 24.5 Å². The van der Waals surface area contributed by atoms with Crippen LogP contribution in [0.25, 0.3) is 0 Å². The number of aliphatic hydroxyl groups is 1. The van der Waals surface area contributed by atoms with Crippen molar-refractivity contribution < 1.29 is 27.0 Å². The SMILES string of the molecule is CO[C@H](CN(C)Cc1cc(F)ccc1F)[C@@H](C)CN([C@@H](C)CO)S(=O)(=O)c1ccc(C)cc1. The summed E-state index contributed by atoms with van der Waals surface area (Å²) in [5.41, 5.74) is 1.18. The number of methoxy groups -OCH3 is 1. The first-order valence-corrected chi connectivity index (χ1v) is 12.3. The maximum atomic E-state index is 14.0. The minimum Gasteiger partial charge on any atom is -0.395 e. The summed E-state index contributed by atoms with van der Waals surface area (Å²) in [6, 6.07) is 9.28. The third-order valence-corrected chi connectivity index (χ3v) is 7.72. The smallest absolute Gasteiger partial charge is 0.243 e. The summed E-state index contributed by atoms with van der Waals surface area (Å²) in [6.07, 6.45) is -0.381. The van der Waals surface area contributed by atoms with Crippen LogP contribution in [0.5, 0.6) is 0 Å². The highest BCUT2D eigenvalue weighted by Crippen LogP contribution is 2.23. The quantitative estimate of drug-likeness (QED) is 0.500. The Morgan fingerprint density at radius 1 is 1.06 bits per heavy atom. The molecule has 0 amide bonds. The maximum Gasteiger partial charge on any atom is 0.243 e. The van der Waals surface area contributed by atoms with Crippen molar-refractivity contribution in [3.8, 4) is 0 Å². The van der Waals surface area contributed by atoms with Crippen LogP contribution in [0.2, 0.25) is 0 Å². The number of rotatable bonds is 12. The van der Waals surface area contributed by atoms with Gasteiger partial charge in [-0.15, -0.1) is 0 Å². The molecule has 0 aliphatic rings. The van der Waals surface area contributed by atoms with Crippen molar-refractivity contribution in [1.82, 2.24) is 9.21 Å². The molecule has 0 saturated carbocycles. The molecule has 0 aliphatic heterocycles. The van der Waals surface area contributed by atoms with E-state index >= 15 is 0 Å². The van der Waals surface area contributed by atoms with Crippen molar-refractivity contribution in [2.75, 3.05) is 33.9 Å². The van der Waals surface area contributed by atoms with Gasteiger partial charge < -0.3 is 9.84 Å². The molecule has 3 atom stereocenters. The number of nitrogens with zero attached hydrogens (tertiary/aromatic N) is 2. The summed E-state index contributed by atoms with van der Waals surface area (Å²) in [5.74, 6) is -1.24. The molecule has 0 radical (unpaired) electrons. The van der Waals surface area contributed by atoms with Crippen LogP contribution in [-0.2, 0) is 21.3 Å². The fourth-order valence-corrected chi connectivity index (χ4v) is 5.39. The van der Waals surface area contributed by atoms with E-state index in [1.807, 2.05) is 13.8 Å². The second-order valence-electron chi connectivity index (χ2n) is 8.60. The monoisotopic (exact) mass is 484 g/mol. The fourth-order valence-electron chi connectivity index (χ4n) is 3.67. The summed E-state index contributed by atoms with van der Waals surface area (Å²) in [4.78, 5) is 1.96. The van der Waals surface area contributed by atoms with E-state index in [-0.39, 0.29) is 42.2 Å². The van der Waals surface area contributed by atoms with Gasteiger partial charge in [-0.05, 0) is 57.1 Å². The zero-order chi connectivity index (χ0) is 24.8. The van der Waals surface area contributed by atoms with E-state index in [0.717, 1.165) is 23.8 Å². The molecular formula is C24H34F2N2O4S. The molecule has 184 valence electrons.